The standard InChI is InChI=1S/C16H22O3S/c1-4-19-20(17,18)16-10-7-13(3)11-15(16)14-8-5-12(2)6-9-14/h7,10-11,14H,2,4-6,8-9H2,1,3H3. The highest BCUT2D eigenvalue weighted by molar-refractivity contribution is 7.86. The monoisotopic (exact) mass is 294 g/mol. The SMILES string of the molecule is C=C1CCC(c2cc(C)ccc2S(=O)(=O)OCC)CC1. The molecular formula is C16H22O3S. The lowest BCUT2D eigenvalue weighted by molar-refractivity contribution is 0.337. The van der Waals surface area contributed by atoms with E-state index in [0.29, 0.717) is 4.90 Å². The smallest absolute Gasteiger partial charge is 0.267 e. The van der Waals surface area contributed by atoms with Crippen molar-refractivity contribution in [1.29, 1.82) is 0 Å². The highest BCUT2D eigenvalue weighted by Gasteiger charge is 2.26. The van der Waals surface area contributed by atoms with Crippen LogP contribution in [0.15, 0.2) is 35.2 Å². The van der Waals surface area contributed by atoms with Crippen LogP contribution >= 0.6 is 0 Å². The second kappa shape index (κ2) is 6.10. The molecule has 0 bridgehead atoms. The van der Waals surface area contributed by atoms with Gasteiger partial charge in [-0.1, -0.05) is 29.8 Å². The summed E-state index contributed by atoms with van der Waals surface area (Å²) in [6, 6.07) is 5.50. The van der Waals surface area contributed by atoms with Crippen LogP contribution in [0.2, 0.25) is 0 Å². The van der Waals surface area contributed by atoms with Crippen molar-refractivity contribution in [2.45, 2.75) is 50.3 Å². The molecule has 0 unspecified atom stereocenters. The molecule has 0 spiro atoms. The van der Waals surface area contributed by atoms with Crippen molar-refractivity contribution in [3.05, 3.63) is 41.5 Å². The molecule has 4 heteroatoms. The third-order valence-corrected chi connectivity index (χ3v) is 5.30. The first kappa shape index (κ1) is 15.3. The van der Waals surface area contributed by atoms with Crippen LogP contribution in [0.25, 0.3) is 0 Å². The number of rotatable bonds is 4. The van der Waals surface area contributed by atoms with E-state index in [-0.39, 0.29) is 12.5 Å². The Hall–Kier alpha value is -1.13. The maximum Gasteiger partial charge on any atom is 0.297 e. The summed E-state index contributed by atoms with van der Waals surface area (Å²) >= 11 is 0. The van der Waals surface area contributed by atoms with Gasteiger partial charge >= 0.3 is 0 Å². The molecule has 1 aromatic carbocycles. The van der Waals surface area contributed by atoms with Crippen molar-refractivity contribution in [2.24, 2.45) is 0 Å². The lowest BCUT2D eigenvalue weighted by Crippen LogP contribution is -2.14. The molecule has 1 aliphatic rings. The van der Waals surface area contributed by atoms with Crippen molar-refractivity contribution >= 4 is 10.1 Å². The van der Waals surface area contributed by atoms with E-state index in [2.05, 4.69) is 6.58 Å². The highest BCUT2D eigenvalue weighted by Crippen LogP contribution is 2.38. The Labute approximate surface area is 121 Å². The minimum absolute atomic E-state index is 0.164. The summed E-state index contributed by atoms with van der Waals surface area (Å²) in [5, 5.41) is 0. The molecule has 0 radical (unpaired) electrons. The van der Waals surface area contributed by atoms with Gasteiger partial charge in [-0.3, -0.25) is 4.18 Å². The number of aryl methyl sites for hydroxylation is 1. The van der Waals surface area contributed by atoms with Crippen LogP contribution in [0.1, 0.15) is 49.7 Å². The summed E-state index contributed by atoms with van der Waals surface area (Å²) in [4.78, 5) is 0.336. The molecule has 0 amide bonds. The zero-order valence-corrected chi connectivity index (χ0v) is 13.0. The van der Waals surface area contributed by atoms with Crippen LogP contribution in [0.5, 0.6) is 0 Å². The molecule has 3 nitrogen and oxygen atoms in total. The summed E-state index contributed by atoms with van der Waals surface area (Å²) < 4.78 is 29.4. The summed E-state index contributed by atoms with van der Waals surface area (Å²) in [6.45, 7) is 7.86. The van der Waals surface area contributed by atoms with E-state index in [4.69, 9.17) is 4.18 Å². The summed E-state index contributed by atoms with van der Waals surface area (Å²) in [7, 11) is -3.64. The van der Waals surface area contributed by atoms with Gasteiger partial charge in [-0.15, -0.1) is 0 Å². The normalized spacial score (nSPS) is 17.4. The van der Waals surface area contributed by atoms with Gasteiger partial charge in [0.15, 0.2) is 0 Å². The molecular weight excluding hydrogens is 272 g/mol. The number of benzene rings is 1. The minimum Gasteiger partial charge on any atom is -0.267 e. The van der Waals surface area contributed by atoms with Gasteiger partial charge in [-0.05, 0) is 57.1 Å². The molecule has 1 saturated carbocycles. The van der Waals surface area contributed by atoms with E-state index in [1.54, 1.807) is 13.0 Å². The Kier molecular flexibility index (Phi) is 4.66. The van der Waals surface area contributed by atoms with Gasteiger partial charge in [0.05, 0.1) is 11.5 Å². The lowest BCUT2D eigenvalue weighted by Gasteiger charge is -2.25. The van der Waals surface area contributed by atoms with Crippen molar-refractivity contribution < 1.29 is 12.6 Å². The predicted octanol–water partition coefficient (Wildman–Crippen LogP) is 3.93. The molecule has 1 fully saturated rings. The first-order valence-electron chi connectivity index (χ1n) is 7.10. The fourth-order valence-corrected chi connectivity index (χ4v) is 3.96. The van der Waals surface area contributed by atoms with Gasteiger partial charge in [0.1, 0.15) is 0 Å². The van der Waals surface area contributed by atoms with Gasteiger partial charge in [-0.25, -0.2) is 0 Å². The zero-order chi connectivity index (χ0) is 14.8. The Morgan fingerprint density at radius 3 is 2.55 bits per heavy atom. The fourth-order valence-electron chi connectivity index (χ4n) is 2.77. The first-order chi connectivity index (χ1) is 9.44. The maximum atomic E-state index is 12.2. The van der Waals surface area contributed by atoms with Gasteiger partial charge in [0.25, 0.3) is 10.1 Å². The summed E-state index contributed by atoms with van der Waals surface area (Å²) in [6.07, 6.45) is 3.90. The third-order valence-electron chi connectivity index (χ3n) is 3.84. The van der Waals surface area contributed by atoms with Crippen LogP contribution in [0.4, 0.5) is 0 Å². The van der Waals surface area contributed by atoms with E-state index in [0.717, 1.165) is 36.8 Å². The predicted molar refractivity (Wildman–Crippen MR) is 80.3 cm³/mol. The minimum atomic E-state index is -3.64. The largest absolute Gasteiger partial charge is 0.297 e. The Morgan fingerprint density at radius 1 is 1.30 bits per heavy atom. The highest BCUT2D eigenvalue weighted by atomic mass is 32.2. The second-order valence-corrected chi connectivity index (χ2v) is 7.01. The molecule has 0 atom stereocenters. The molecule has 20 heavy (non-hydrogen) atoms. The van der Waals surface area contributed by atoms with E-state index >= 15 is 0 Å². The Bertz CT molecular complexity index is 592. The van der Waals surface area contributed by atoms with Crippen LogP contribution < -0.4 is 0 Å². The number of hydrogen-bond acceptors (Lipinski definition) is 3. The molecule has 1 aliphatic carbocycles. The van der Waals surface area contributed by atoms with Crippen LogP contribution in [-0.2, 0) is 14.3 Å². The fraction of sp³-hybridized carbons (Fsp3) is 0.500. The topological polar surface area (TPSA) is 43.4 Å². The van der Waals surface area contributed by atoms with Crippen LogP contribution in [0, 0.1) is 6.92 Å². The third kappa shape index (κ3) is 3.30. The Morgan fingerprint density at radius 2 is 1.95 bits per heavy atom. The van der Waals surface area contributed by atoms with Crippen molar-refractivity contribution in [3.63, 3.8) is 0 Å². The molecule has 1 aromatic rings. The second-order valence-electron chi connectivity index (χ2n) is 5.43. The number of hydrogen-bond donors (Lipinski definition) is 0. The molecule has 2 rings (SSSR count). The summed E-state index contributed by atoms with van der Waals surface area (Å²) in [5.41, 5.74) is 3.26. The van der Waals surface area contributed by atoms with Gasteiger partial charge in [0, 0.05) is 0 Å². The quantitative estimate of drug-likeness (QED) is 0.624. The van der Waals surface area contributed by atoms with Gasteiger partial charge < -0.3 is 0 Å². The summed E-state index contributed by atoms with van der Waals surface area (Å²) in [5.74, 6) is 0.283. The van der Waals surface area contributed by atoms with Crippen LogP contribution in [0.3, 0.4) is 0 Å². The Balaban J connectivity index is 2.41. The molecule has 110 valence electrons. The molecule has 0 N–H and O–H groups in total. The molecule has 0 aromatic heterocycles. The van der Waals surface area contributed by atoms with E-state index in [9.17, 15) is 8.42 Å². The maximum absolute atomic E-state index is 12.2. The van der Waals surface area contributed by atoms with E-state index in [1.807, 2.05) is 19.1 Å². The van der Waals surface area contributed by atoms with E-state index in [1.165, 1.54) is 5.57 Å². The lowest BCUT2D eigenvalue weighted by atomic mass is 9.82. The van der Waals surface area contributed by atoms with Gasteiger partial charge in [-0.2, -0.15) is 8.42 Å². The van der Waals surface area contributed by atoms with Crippen molar-refractivity contribution in [2.75, 3.05) is 6.61 Å². The number of allylic oxidation sites excluding steroid dienone is 1. The molecule has 0 aliphatic heterocycles. The zero-order valence-electron chi connectivity index (χ0n) is 12.2. The van der Waals surface area contributed by atoms with Gasteiger partial charge in [0.2, 0.25) is 0 Å². The van der Waals surface area contributed by atoms with Crippen molar-refractivity contribution in [3.8, 4) is 0 Å². The first-order valence-corrected chi connectivity index (χ1v) is 8.51. The van der Waals surface area contributed by atoms with Crippen LogP contribution in [-0.4, -0.2) is 15.0 Å². The molecule has 0 heterocycles. The van der Waals surface area contributed by atoms with E-state index < -0.39 is 10.1 Å². The average molecular weight is 294 g/mol. The van der Waals surface area contributed by atoms with Crippen molar-refractivity contribution in [1.82, 2.24) is 0 Å². The average Bonchev–Trinajstić information content (AvgIpc) is 2.39. The molecule has 0 saturated heterocycles.